The molecule has 27 heavy (non-hydrogen) atoms. The topological polar surface area (TPSA) is 31.0 Å². The SMILES string of the molecule is COc1ccc(CO[C@H](CC2SCCCS2)[C@@H](C)CC[C@@H]2OC2(C)C)cc1. The smallest absolute Gasteiger partial charge is 0.118 e. The molecule has 2 heterocycles. The molecule has 0 N–H and O–H groups in total. The second kappa shape index (κ2) is 9.91. The maximum absolute atomic E-state index is 6.46. The van der Waals surface area contributed by atoms with Crippen molar-refractivity contribution < 1.29 is 14.2 Å². The molecule has 0 unspecified atom stereocenters. The maximum Gasteiger partial charge on any atom is 0.118 e. The molecule has 0 aromatic heterocycles. The first-order valence-electron chi connectivity index (χ1n) is 10.1. The summed E-state index contributed by atoms with van der Waals surface area (Å²) in [6.45, 7) is 7.41. The summed E-state index contributed by atoms with van der Waals surface area (Å²) in [5.41, 5.74) is 1.30. The Morgan fingerprint density at radius 2 is 1.85 bits per heavy atom. The molecule has 2 aliphatic rings. The molecule has 0 bridgehead atoms. The minimum atomic E-state index is 0.0915. The van der Waals surface area contributed by atoms with Gasteiger partial charge in [-0.1, -0.05) is 19.1 Å². The summed E-state index contributed by atoms with van der Waals surface area (Å²) in [6.07, 6.45) is 5.53. The van der Waals surface area contributed by atoms with Crippen LogP contribution in [0, 0.1) is 5.92 Å². The number of benzene rings is 1. The Kier molecular flexibility index (Phi) is 7.83. The summed E-state index contributed by atoms with van der Waals surface area (Å²) in [5, 5.41) is 0. The van der Waals surface area contributed by atoms with Crippen molar-refractivity contribution in [3.8, 4) is 5.75 Å². The fraction of sp³-hybridized carbons (Fsp3) is 0.727. The molecule has 0 saturated carbocycles. The molecule has 0 spiro atoms. The van der Waals surface area contributed by atoms with Crippen molar-refractivity contribution in [2.75, 3.05) is 18.6 Å². The van der Waals surface area contributed by atoms with Crippen LogP contribution in [0.25, 0.3) is 0 Å². The van der Waals surface area contributed by atoms with E-state index in [-0.39, 0.29) is 5.60 Å². The van der Waals surface area contributed by atoms with E-state index in [4.69, 9.17) is 14.2 Å². The molecule has 2 aliphatic heterocycles. The molecule has 0 amide bonds. The van der Waals surface area contributed by atoms with Crippen LogP contribution >= 0.6 is 23.5 Å². The summed E-state index contributed by atoms with van der Waals surface area (Å²) < 4.78 is 18.2. The normalized spacial score (nSPS) is 24.4. The molecule has 2 fully saturated rings. The first-order valence-corrected chi connectivity index (χ1v) is 12.2. The van der Waals surface area contributed by atoms with Crippen LogP contribution in [-0.2, 0) is 16.1 Å². The molecule has 0 radical (unpaired) electrons. The van der Waals surface area contributed by atoms with E-state index in [1.807, 2.05) is 12.1 Å². The highest BCUT2D eigenvalue weighted by molar-refractivity contribution is 8.17. The highest BCUT2D eigenvalue weighted by atomic mass is 32.2. The number of hydrogen-bond acceptors (Lipinski definition) is 5. The van der Waals surface area contributed by atoms with E-state index in [1.54, 1.807) is 7.11 Å². The molecule has 5 heteroatoms. The van der Waals surface area contributed by atoms with E-state index in [9.17, 15) is 0 Å². The van der Waals surface area contributed by atoms with E-state index in [0.717, 1.165) is 18.6 Å². The van der Waals surface area contributed by atoms with Crippen LogP contribution < -0.4 is 4.74 Å². The number of hydrogen-bond donors (Lipinski definition) is 0. The van der Waals surface area contributed by atoms with E-state index in [1.165, 1.54) is 29.9 Å². The van der Waals surface area contributed by atoms with E-state index >= 15 is 0 Å². The van der Waals surface area contributed by atoms with Gasteiger partial charge < -0.3 is 14.2 Å². The van der Waals surface area contributed by atoms with Gasteiger partial charge in [-0.25, -0.2) is 0 Å². The van der Waals surface area contributed by atoms with Gasteiger partial charge in [-0.3, -0.25) is 0 Å². The van der Waals surface area contributed by atoms with Gasteiger partial charge in [0.2, 0.25) is 0 Å². The number of ether oxygens (including phenoxy) is 3. The fourth-order valence-electron chi connectivity index (χ4n) is 3.59. The summed E-state index contributed by atoms with van der Waals surface area (Å²) >= 11 is 4.23. The highest BCUT2D eigenvalue weighted by Gasteiger charge is 2.47. The molecule has 3 atom stereocenters. The number of epoxide rings is 1. The zero-order valence-electron chi connectivity index (χ0n) is 17.1. The molecule has 3 rings (SSSR count). The Balaban J connectivity index is 1.53. The lowest BCUT2D eigenvalue weighted by atomic mass is 9.94. The number of rotatable bonds is 10. The van der Waals surface area contributed by atoms with Crippen LogP contribution in [0.4, 0.5) is 0 Å². The monoisotopic (exact) mass is 410 g/mol. The van der Waals surface area contributed by atoms with Gasteiger partial charge in [-0.15, -0.1) is 23.5 Å². The zero-order chi connectivity index (χ0) is 19.3. The quantitative estimate of drug-likeness (QED) is 0.458. The first-order chi connectivity index (χ1) is 13.0. The molecule has 2 saturated heterocycles. The summed E-state index contributed by atoms with van der Waals surface area (Å²) in [4.78, 5) is 0. The van der Waals surface area contributed by atoms with Crippen molar-refractivity contribution in [2.24, 2.45) is 5.92 Å². The predicted octanol–water partition coefficient (Wildman–Crippen LogP) is 5.76. The second-order valence-electron chi connectivity index (χ2n) is 8.22. The lowest BCUT2D eigenvalue weighted by Crippen LogP contribution is -2.27. The Morgan fingerprint density at radius 1 is 1.19 bits per heavy atom. The van der Waals surface area contributed by atoms with Gasteiger partial charge in [0.1, 0.15) is 5.75 Å². The van der Waals surface area contributed by atoms with Crippen molar-refractivity contribution in [3.05, 3.63) is 29.8 Å². The molecule has 0 aliphatic carbocycles. The number of methoxy groups -OCH3 is 1. The van der Waals surface area contributed by atoms with Crippen LogP contribution in [0.3, 0.4) is 0 Å². The van der Waals surface area contributed by atoms with Crippen LogP contribution in [0.1, 0.15) is 52.0 Å². The van der Waals surface area contributed by atoms with Crippen LogP contribution in [0.15, 0.2) is 24.3 Å². The average molecular weight is 411 g/mol. The summed E-state index contributed by atoms with van der Waals surface area (Å²) in [7, 11) is 1.70. The first kappa shape index (κ1) is 21.4. The van der Waals surface area contributed by atoms with Gasteiger partial charge in [0.05, 0.1) is 36.1 Å². The van der Waals surface area contributed by atoms with Crippen molar-refractivity contribution in [3.63, 3.8) is 0 Å². The van der Waals surface area contributed by atoms with Crippen LogP contribution in [0.2, 0.25) is 0 Å². The molecule has 1 aromatic carbocycles. The minimum Gasteiger partial charge on any atom is -0.497 e. The third-order valence-corrected chi connectivity index (χ3v) is 8.62. The van der Waals surface area contributed by atoms with E-state index in [0.29, 0.717) is 29.3 Å². The van der Waals surface area contributed by atoms with Crippen LogP contribution in [0.5, 0.6) is 5.75 Å². The lowest BCUT2D eigenvalue weighted by molar-refractivity contribution is -0.000147. The Labute approximate surface area is 173 Å². The molecule has 152 valence electrons. The third kappa shape index (κ3) is 6.59. The van der Waals surface area contributed by atoms with Crippen LogP contribution in [-0.4, -0.2) is 41.0 Å². The molecular formula is C22H34O3S2. The van der Waals surface area contributed by atoms with Gasteiger partial charge >= 0.3 is 0 Å². The fourth-order valence-corrected chi connectivity index (χ4v) is 6.54. The van der Waals surface area contributed by atoms with Gasteiger partial charge in [0.25, 0.3) is 0 Å². The second-order valence-corrected chi connectivity index (χ2v) is 11.1. The minimum absolute atomic E-state index is 0.0915. The number of thioether (sulfide) groups is 2. The third-order valence-electron chi connectivity index (χ3n) is 5.63. The summed E-state index contributed by atoms with van der Waals surface area (Å²) in [6, 6.07) is 8.23. The van der Waals surface area contributed by atoms with Crippen molar-refractivity contribution in [1.29, 1.82) is 0 Å². The predicted molar refractivity (Wildman–Crippen MR) is 117 cm³/mol. The Bertz CT molecular complexity index is 569. The van der Waals surface area contributed by atoms with Crippen molar-refractivity contribution >= 4 is 23.5 Å². The van der Waals surface area contributed by atoms with Gasteiger partial charge in [0.15, 0.2) is 0 Å². The van der Waals surface area contributed by atoms with E-state index < -0.39 is 0 Å². The van der Waals surface area contributed by atoms with Gasteiger partial charge in [0, 0.05) is 0 Å². The molecule has 1 aromatic rings. The standard InChI is InChI=1S/C22H34O3S2/c1-16(6-11-20-22(2,3)25-20)19(14-21-26-12-5-13-27-21)24-15-17-7-9-18(23-4)10-8-17/h7-10,16,19-21H,5-6,11-15H2,1-4H3/t16-,19+,20-/m0/s1. The van der Waals surface area contributed by atoms with Gasteiger partial charge in [-0.05, 0) is 74.7 Å². The average Bonchev–Trinajstić information content (AvgIpc) is 3.31. The van der Waals surface area contributed by atoms with E-state index in [2.05, 4.69) is 56.4 Å². The Morgan fingerprint density at radius 3 is 2.44 bits per heavy atom. The maximum atomic E-state index is 6.46. The van der Waals surface area contributed by atoms with Crippen molar-refractivity contribution in [1.82, 2.24) is 0 Å². The van der Waals surface area contributed by atoms with Gasteiger partial charge in [-0.2, -0.15) is 0 Å². The summed E-state index contributed by atoms with van der Waals surface area (Å²) in [5.74, 6) is 4.03. The molecule has 3 nitrogen and oxygen atoms in total. The Hall–Kier alpha value is -0.360. The lowest BCUT2D eigenvalue weighted by Gasteiger charge is -2.30. The van der Waals surface area contributed by atoms with Crippen molar-refractivity contribution in [2.45, 2.75) is 75.5 Å². The largest absolute Gasteiger partial charge is 0.497 e. The molecular weight excluding hydrogens is 376 g/mol. The highest BCUT2D eigenvalue weighted by Crippen LogP contribution is 2.40. The zero-order valence-corrected chi connectivity index (χ0v) is 18.7.